The van der Waals surface area contributed by atoms with Crippen LogP contribution in [0.2, 0.25) is 10.0 Å². The maximum Gasteiger partial charge on any atom is 0.325 e. The van der Waals surface area contributed by atoms with Crippen molar-refractivity contribution < 1.29 is 9.90 Å². The summed E-state index contributed by atoms with van der Waals surface area (Å²) in [5.41, 5.74) is 0.561. The second-order valence-corrected chi connectivity index (χ2v) is 3.67. The third-order valence-corrected chi connectivity index (χ3v) is 2.22. The van der Waals surface area contributed by atoms with Crippen LogP contribution in [0.3, 0.4) is 0 Å². The fraction of sp³-hybridized carbons (Fsp3) is 0.222. The molecule has 3 nitrogen and oxygen atoms in total. The quantitative estimate of drug-likeness (QED) is 0.845. The Morgan fingerprint density at radius 3 is 2.64 bits per heavy atom. The van der Waals surface area contributed by atoms with Crippen LogP contribution < -0.4 is 5.32 Å². The fourth-order valence-corrected chi connectivity index (χ4v) is 1.36. The van der Waals surface area contributed by atoms with Gasteiger partial charge in [0.2, 0.25) is 0 Å². The zero-order chi connectivity index (χ0) is 10.7. The summed E-state index contributed by atoms with van der Waals surface area (Å²) in [6.07, 6.45) is 0. The second kappa shape index (κ2) is 4.53. The lowest BCUT2D eigenvalue weighted by atomic mass is 10.2. The molecular formula is C9H9Cl2NO2. The number of hydrogen-bond acceptors (Lipinski definition) is 2. The van der Waals surface area contributed by atoms with Crippen LogP contribution in [0.25, 0.3) is 0 Å². The summed E-state index contributed by atoms with van der Waals surface area (Å²) < 4.78 is 0. The van der Waals surface area contributed by atoms with Crippen molar-refractivity contribution in [2.24, 2.45) is 0 Å². The largest absolute Gasteiger partial charge is 0.480 e. The van der Waals surface area contributed by atoms with Crippen molar-refractivity contribution in [3.63, 3.8) is 0 Å². The Kier molecular flexibility index (Phi) is 3.61. The molecule has 0 bridgehead atoms. The molecule has 14 heavy (non-hydrogen) atoms. The number of carbonyl (C=O) groups is 1. The van der Waals surface area contributed by atoms with Crippen LogP contribution in [0, 0.1) is 0 Å². The average molecular weight is 234 g/mol. The van der Waals surface area contributed by atoms with Crippen molar-refractivity contribution in [2.75, 3.05) is 5.32 Å². The Bertz CT molecular complexity index is 355. The molecule has 5 heteroatoms. The molecule has 0 radical (unpaired) electrons. The third-order valence-electron chi connectivity index (χ3n) is 1.67. The summed E-state index contributed by atoms with van der Waals surface area (Å²) >= 11 is 11.5. The van der Waals surface area contributed by atoms with Gasteiger partial charge in [-0.3, -0.25) is 4.79 Å². The summed E-state index contributed by atoms with van der Waals surface area (Å²) in [4.78, 5) is 10.6. The number of benzene rings is 1. The van der Waals surface area contributed by atoms with E-state index in [0.717, 1.165) is 0 Å². The number of hydrogen-bond donors (Lipinski definition) is 2. The van der Waals surface area contributed by atoms with Gasteiger partial charge in [-0.1, -0.05) is 23.2 Å². The zero-order valence-electron chi connectivity index (χ0n) is 7.42. The first-order chi connectivity index (χ1) is 6.50. The molecule has 1 aromatic carbocycles. The molecule has 1 rings (SSSR count). The minimum Gasteiger partial charge on any atom is -0.480 e. The lowest BCUT2D eigenvalue weighted by Crippen LogP contribution is -2.25. The lowest BCUT2D eigenvalue weighted by molar-refractivity contribution is -0.137. The van der Waals surface area contributed by atoms with Gasteiger partial charge in [0, 0.05) is 5.02 Å². The van der Waals surface area contributed by atoms with Gasteiger partial charge < -0.3 is 10.4 Å². The van der Waals surface area contributed by atoms with Gasteiger partial charge in [0.15, 0.2) is 0 Å². The predicted molar refractivity (Wildman–Crippen MR) is 57.2 cm³/mol. The van der Waals surface area contributed by atoms with Crippen molar-refractivity contribution in [1.82, 2.24) is 0 Å². The van der Waals surface area contributed by atoms with E-state index in [2.05, 4.69) is 5.32 Å². The maximum absolute atomic E-state index is 10.6. The molecule has 0 aromatic heterocycles. The van der Waals surface area contributed by atoms with Gasteiger partial charge >= 0.3 is 5.97 Å². The van der Waals surface area contributed by atoms with E-state index >= 15 is 0 Å². The van der Waals surface area contributed by atoms with Gasteiger partial charge in [-0.25, -0.2) is 0 Å². The minimum absolute atomic E-state index is 0.408. The standard InChI is InChI=1S/C9H9Cl2NO2/c1-5(9(13)14)12-8-3-2-6(10)4-7(8)11/h2-5,12H,1H3,(H,13,14)/t5-/m0/s1. The van der Waals surface area contributed by atoms with Crippen molar-refractivity contribution in [1.29, 1.82) is 0 Å². The van der Waals surface area contributed by atoms with Crippen LogP contribution in [0.5, 0.6) is 0 Å². The van der Waals surface area contributed by atoms with Gasteiger partial charge in [0.1, 0.15) is 6.04 Å². The molecule has 0 unspecified atom stereocenters. The van der Waals surface area contributed by atoms with E-state index in [-0.39, 0.29) is 0 Å². The molecule has 0 amide bonds. The Morgan fingerprint density at radius 2 is 2.14 bits per heavy atom. The number of anilines is 1. The van der Waals surface area contributed by atoms with Crippen LogP contribution in [0.4, 0.5) is 5.69 Å². The second-order valence-electron chi connectivity index (χ2n) is 2.83. The van der Waals surface area contributed by atoms with E-state index in [4.69, 9.17) is 28.3 Å². The SMILES string of the molecule is C[C@H](Nc1ccc(Cl)cc1Cl)C(=O)O. The fourth-order valence-electron chi connectivity index (χ4n) is 0.902. The predicted octanol–water partition coefficient (Wildman–Crippen LogP) is 2.88. The van der Waals surface area contributed by atoms with E-state index in [0.29, 0.717) is 15.7 Å². The van der Waals surface area contributed by atoms with Crippen molar-refractivity contribution >= 4 is 34.9 Å². The van der Waals surface area contributed by atoms with Gasteiger partial charge in [0.05, 0.1) is 10.7 Å². The molecule has 0 saturated heterocycles. The van der Waals surface area contributed by atoms with E-state index < -0.39 is 12.0 Å². The minimum atomic E-state index is -0.934. The van der Waals surface area contributed by atoms with Gasteiger partial charge in [-0.05, 0) is 25.1 Å². The number of carboxylic acids is 1. The van der Waals surface area contributed by atoms with Crippen molar-refractivity contribution in [3.05, 3.63) is 28.2 Å². The maximum atomic E-state index is 10.6. The number of halogens is 2. The highest BCUT2D eigenvalue weighted by atomic mass is 35.5. The summed E-state index contributed by atoms with van der Waals surface area (Å²) in [5, 5.41) is 12.3. The number of nitrogens with one attached hydrogen (secondary N) is 1. The summed E-state index contributed by atoms with van der Waals surface area (Å²) in [5.74, 6) is -0.934. The Morgan fingerprint density at radius 1 is 1.50 bits per heavy atom. The lowest BCUT2D eigenvalue weighted by Gasteiger charge is -2.11. The first-order valence-electron chi connectivity index (χ1n) is 3.95. The van der Waals surface area contributed by atoms with Gasteiger partial charge in [0.25, 0.3) is 0 Å². The van der Waals surface area contributed by atoms with E-state index in [1.54, 1.807) is 18.2 Å². The van der Waals surface area contributed by atoms with Gasteiger partial charge in [-0.2, -0.15) is 0 Å². The van der Waals surface area contributed by atoms with Crippen LogP contribution in [0.15, 0.2) is 18.2 Å². The molecule has 1 aromatic rings. The van der Waals surface area contributed by atoms with Crippen LogP contribution >= 0.6 is 23.2 Å². The Labute approximate surface area is 91.6 Å². The van der Waals surface area contributed by atoms with Crippen molar-refractivity contribution in [2.45, 2.75) is 13.0 Å². The molecule has 76 valence electrons. The molecule has 2 N–H and O–H groups in total. The molecule has 0 saturated carbocycles. The van der Waals surface area contributed by atoms with Crippen LogP contribution in [-0.2, 0) is 4.79 Å². The highest BCUT2D eigenvalue weighted by molar-refractivity contribution is 6.36. The van der Waals surface area contributed by atoms with E-state index in [9.17, 15) is 4.79 Å². The smallest absolute Gasteiger partial charge is 0.325 e. The topological polar surface area (TPSA) is 49.3 Å². The number of carboxylic acid groups (broad SMARTS) is 1. The Balaban J connectivity index is 2.82. The average Bonchev–Trinajstić information content (AvgIpc) is 2.09. The van der Waals surface area contributed by atoms with E-state index in [1.807, 2.05) is 0 Å². The van der Waals surface area contributed by atoms with Gasteiger partial charge in [-0.15, -0.1) is 0 Å². The Hall–Kier alpha value is -0.930. The highest BCUT2D eigenvalue weighted by Crippen LogP contribution is 2.25. The van der Waals surface area contributed by atoms with Crippen molar-refractivity contribution in [3.8, 4) is 0 Å². The highest BCUT2D eigenvalue weighted by Gasteiger charge is 2.11. The van der Waals surface area contributed by atoms with E-state index in [1.165, 1.54) is 6.92 Å². The number of rotatable bonds is 3. The summed E-state index contributed by atoms with van der Waals surface area (Å²) in [7, 11) is 0. The summed E-state index contributed by atoms with van der Waals surface area (Å²) in [6.45, 7) is 1.53. The third kappa shape index (κ3) is 2.79. The molecule has 0 aliphatic carbocycles. The number of aliphatic carboxylic acids is 1. The molecule has 0 heterocycles. The molecule has 0 aliphatic heterocycles. The first kappa shape index (κ1) is 11.1. The molecule has 0 spiro atoms. The monoisotopic (exact) mass is 233 g/mol. The molecule has 0 fully saturated rings. The summed E-state index contributed by atoms with van der Waals surface area (Å²) in [6, 6.07) is 4.16. The first-order valence-corrected chi connectivity index (χ1v) is 4.70. The van der Waals surface area contributed by atoms with Crippen LogP contribution in [0.1, 0.15) is 6.92 Å². The zero-order valence-corrected chi connectivity index (χ0v) is 8.93. The normalized spacial score (nSPS) is 12.2. The molecule has 0 aliphatic rings. The molecular weight excluding hydrogens is 225 g/mol. The molecule has 1 atom stereocenters. The van der Waals surface area contributed by atoms with Crippen LogP contribution in [-0.4, -0.2) is 17.1 Å².